The Labute approximate surface area is 171 Å². The molecule has 0 aliphatic carbocycles. The zero-order valence-electron chi connectivity index (χ0n) is 16.1. The van der Waals surface area contributed by atoms with E-state index in [1.54, 1.807) is 13.1 Å². The van der Waals surface area contributed by atoms with Crippen LogP contribution in [0.2, 0.25) is 0 Å². The minimum atomic E-state index is -4.99. The van der Waals surface area contributed by atoms with E-state index < -0.39 is 29.3 Å². The largest absolute Gasteiger partial charge is 0.435 e. The molecule has 160 valence electrons. The minimum Gasteiger partial charge on any atom is -0.320 e. The maximum absolute atomic E-state index is 13.7. The van der Waals surface area contributed by atoms with E-state index in [4.69, 9.17) is 0 Å². The van der Waals surface area contributed by atoms with Crippen molar-refractivity contribution in [2.24, 2.45) is 14.1 Å². The lowest BCUT2D eigenvalue weighted by Gasteiger charge is -2.11. The minimum absolute atomic E-state index is 0.159. The van der Waals surface area contributed by atoms with Gasteiger partial charge in [0.15, 0.2) is 11.4 Å². The fourth-order valence-corrected chi connectivity index (χ4v) is 3.25. The fraction of sp³-hybridized carbons (Fsp3) is 0.158. The van der Waals surface area contributed by atoms with Gasteiger partial charge in [0.25, 0.3) is 5.91 Å². The van der Waals surface area contributed by atoms with E-state index in [1.165, 1.54) is 40.4 Å². The van der Waals surface area contributed by atoms with Gasteiger partial charge in [0.05, 0.1) is 16.7 Å². The molecule has 0 saturated heterocycles. The highest BCUT2D eigenvalue weighted by Gasteiger charge is 2.42. The topological polar surface area (TPSA) is 86.7 Å². The van der Waals surface area contributed by atoms with E-state index in [9.17, 15) is 27.2 Å². The number of carbonyl (C=O) groups excluding carboxylic acids is 1. The second kappa shape index (κ2) is 7.07. The van der Waals surface area contributed by atoms with Crippen molar-refractivity contribution in [3.8, 4) is 5.69 Å². The van der Waals surface area contributed by atoms with Crippen LogP contribution in [0.15, 0.2) is 47.3 Å². The number of halogens is 4. The number of nitrogens with one attached hydrogen (secondary N) is 1. The molecule has 0 unspecified atom stereocenters. The van der Waals surface area contributed by atoms with Crippen molar-refractivity contribution >= 4 is 22.6 Å². The molecule has 0 radical (unpaired) electrons. The first-order valence-electron chi connectivity index (χ1n) is 8.83. The number of anilines is 1. The van der Waals surface area contributed by atoms with Crippen LogP contribution < -0.4 is 11.0 Å². The highest BCUT2D eigenvalue weighted by atomic mass is 19.4. The average Bonchev–Trinajstić information content (AvgIpc) is 3.25. The molecular weight excluding hydrogens is 420 g/mol. The van der Waals surface area contributed by atoms with Gasteiger partial charge in [-0.2, -0.15) is 13.2 Å². The number of nitrogens with zero attached hydrogens (tertiary/aromatic N) is 5. The van der Waals surface area contributed by atoms with Crippen molar-refractivity contribution in [3.63, 3.8) is 0 Å². The number of imidazole rings is 1. The van der Waals surface area contributed by atoms with E-state index in [-0.39, 0.29) is 17.1 Å². The number of benzene rings is 2. The molecule has 0 atom stereocenters. The third kappa shape index (κ3) is 3.45. The number of amides is 1. The molecule has 2 aromatic heterocycles. The highest BCUT2D eigenvalue weighted by molar-refractivity contribution is 6.04. The van der Waals surface area contributed by atoms with Crippen LogP contribution in [0.4, 0.5) is 23.2 Å². The van der Waals surface area contributed by atoms with Crippen molar-refractivity contribution in [2.45, 2.75) is 6.18 Å². The molecule has 0 fully saturated rings. The van der Waals surface area contributed by atoms with Gasteiger partial charge < -0.3 is 5.32 Å². The Morgan fingerprint density at radius 3 is 2.42 bits per heavy atom. The number of rotatable bonds is 3. The van der Waals surface area contributed by atoms with Crippen molar-refractivity contribution < 1.29 is 22.4 Å². The van der Waals surface area contributed by atoms with Crippen molar-refractivity contribution in [2.75, 3.05) is 5.32 Å². The number of fused-ring (bicyclic) bond motifs is 1. The summed E-state index contributed by atoms with van der Waals surface area (Å²) < 4.78 is 57.7. The van der Waals surface area contributed by atoms with Gasteiger partial charge in [-0.25, -0.2) is 13.9 Å². The Hall–Kier alpha value is -3.96. The van der Waals surface area contributed by atoms with E-state index in [2.05, 4.69) is 15.6 Å². The van der Waals surface area contributed by atoms with Gasteiger partial charge in [0, 0.05) is 19.8 Å². The summed E-state index contributed by atoms with van der Waals surface area (Å²) in [5, 5.41) is 9.13. The fourth-order valence-electron chi connectivity index (χ4n) is 3.25. The van der Waals surface area contributed by atoms with Crippen LogP contribution in [-0.2, 0) is 20.3 Å². The van der Waals surface area contributed by atoms with Crippen LogP contribution in [0.1, 0.15) is 16.2 Å². The van der Waals surface area contributed by atoms with E-state index in [0.717, 1.165) is 12.1 Å². The molecule has 4 aromatic rings. The maximum atomic E-state index is 13.7. The number of hydrogen-bond donors (Lipinski definition) is 1. The van der Waals surface area contributed by atoms with E-state index in [1.807, 2.05) is 0 Å². The Bertz CT molecular complexity index is 1380. The number of alkyl halides is 3. The smallest absolute Gasteiger partial charge is 0.320 e. The van der Waals surface area contributed by atoms with Gasteiger partial charge >= 0.3 is 11.9 Å². The predicted molar refractivity (Wildman–Crippen MR) is 102 cm³/mol. The lowest BCUT2D eigenvalue weighted by atomic mass is 10.2. The summed E-state index contributed by atoms with van der Waals surface area (Å²) in [4.78, 5) is 24.6. The second-order valence-corrected chi connectivity index (χ2v) is 6.73. The Morgan fingerprint density at radius 2 is 1.74 bits per heavy atom. The third-order valence-electron chi connectivity index (χ3n) is 4.74. The summed E-state index contributed by atoms with van der Waals surface area (Å²) in [6, 6.07) is 8.79. The molecule has 1 N–H and O–H groups in total. The lowest BCUT2D eigenvalue weighted by molar-refractivity contribution is -0.143. The summed E-state index contributed by atoms with van der Waals surface area (Å²) >= 11 is 0. The zero-order valence-corrected chi connectivity index (χ0v) is 16.1. The first-order chi connectivity index (χ1) is 14.6. The molecule has 0 aliphatic rings. The first kappa shape index (κ1) is 20.3. The molecule has 31 heavy (non-hydrogen) atoms. The molecule has 0 bridgehead atoms. The van der Waals surface area contributed by atoms with Gasteiger partial charge in [0.2, 0.25) is 0 Å². The average molecular weight is 434 g/mol. The monoisotopic (exact) mass is 434 g/mol. The van der Waals surface area contributed by atoms with Crippen LogP contribution in [0.25, 0.3) is 16.7 Å². The first-order valence-corrected chi connectivity index (χ1v) is 8.83. The number of aryl methyl sites for hydroxylation is 2. The Balaban J connectivity index is 1.75. The number of hydrogen-bond acceptors (Lipinski definition) is 4. The highest BCUT2D eigenvalue weighted by Crippen LogP contribution is 2.33. The van der Waals surface area contributed by atoms with Crippen LogP contribution >= 0.6 is 0 Å². The molecule has 2 heterocycles. The molecule has 0 saturated carbocycles. The normalized spacial score (nSPS) is 11.8. The summed E-state index contributed by atoms with van der Waals surface area (Å²) in [6.45, 7) is 0. The SMILES string of the molecule is Cn1c(=O)n(C)c2cc(NC(=O)c3nnn(-c4cccc(F)c4)c3C(F)(F)F)ccc21. The van der Waals surface area contributed by atoms with Crippen LogP contribution in [0.3, 0.4) is 0 Å². The van der Waals surface area contributed by atoms with Gasteiger partial charge in [-0.05, 0) is 36.4 Å². The maximum Gasteiger partial charge on any atom is 0.435 e. The van der Waals surface area contributed by atoms with Crippen LogP contribution in [0, 0.1) is 5.82 Å². The van der Waals surface area contributed by atoms with Crippen molar-refractivity contribution in [1.82, 2.24) is 24.1 Å². The van der Waals surface area contributed by atoms with Crippen LogP contribution in [0.5, 0.6) is 0 Å². The third-order valence-corrected chi connectivity index (χ3v) is 4.74. The Morgan fingerprint density at radius 1 is 1.03 bits per heavy atom. The molecule has 1 amide bonds. The second-order valence-electron chi connectivity index (χ2n) is 6.73. The predicted octanol–water partition coefficient (Wildman–Crippen LogP) is 2.87. The number of aromatic nitrogens is 5. The number of carbonyl (C=O) groups is 1. The van der Waals surface area contributed by atoms with Gasteiger partial charge in [0.1, 0.15) is 5.82 Å². The summed E-state index contributed by atoms with van der Waals surface area (Å²) in [5.74, 6) is -1.93. The van der Waals surface area contributed by atoms with Gasteiger partial charge in [-0.3, -0.25) is 13.9 Å². The van der Waals surface area contributed by atoms with E-state index >= 15 is 0 Å². The van der Waals surface area contributed by atoms with E-state index in [0.29, 0.717) is 15.7 Å². The molecule has 12 heteroatoms. The standard InChI is InChI=1S/C19H14F4N6O2/c1-27-13-7-6-11(9-14(13)28(2)18(27)31)24-17(30)15-16(19(21,22)23)29(26-25-15)12-5-3-4-10(20)8-12/h3-9H,1-2H3,(H,24,30). The Kier molecular flexibility index (Phi) is 4.64. The van der Waals surface area contributed by atoms with Gasteiger partial charge in [-0.15, -0.1) is 5.10 Å². The molecule has 0 spiro atoms. The summed E-state index contributed by atoms with van der Waals surface area (Å²) in [6.07, 6.45) is -4.99. The molecule has 0 aliphatic heterocycles. The molecule has 8 nitrogen and oxygen atoms in total. The summed E-state index contributed by atoms with van der Waals surface area (Å²) in [7, 11) is 3.10. The molecule has 2 aromatic carbocycles. The van der Waals surface area contributed by atoms with Crippen LogP contribution in [-0.4, -0.2) is 30.0 Å². The zero-order chi connectivity index (χ0) is 22.5. The van der Waals surface area contributed by atoms with Crippen molar-refractivity contribution in [3.05, 3.63) is 70.2 Å². The molecular formula is C19H14F4N6O2. The van der Waals surface area contributed by atoms with Gasteiger partial charge in [-0.1, -0.05) is 11.3 Å². The quantitative estimate of drug-likeness (QED) is 0.503. The lowest BCUT2D eigenvalue weighted by Crippen LogP contribution is -2.21. The van der Waals surface area contributed by atoms with Crippen molar-refractivity contribution in [1.29, 1.82) is 0 Å². The molecule has 4 rings (SSSR count). The summed E-state index contributed by atoms with van der Waals surface area (Å²) in [5.41, 5.74) is -1.73.